The van der Waals surface area contributed by atoms with Crippen molar-refractivity contribution in [1.82, 2.24) is 4.90 Å². The third-order valence-corrected chi connectivity index (χ3v) is 4.74. The molecule has 0 bridgehead atoms. The average Bonchev–Trinajstić information content (AvgIpc) is 2.34. The summed E-state index contributed by atoms with van der Waals surface area (Å²) in [7, 11) is 0. The number of nitrogens with two attached hydrogens (primary N) is 1. The van der Waals surface area contributed by atoms with Crippen LogP contribution < -0.4 is 5.73 Å². The highest BCUT2D eigenvalue weighted by atomic mass is 127. The zero-order valence-corrected chi connectivity index (χ0v) is 14.6. The van der Waals surface area contributed by atoms with Crippen LogP contribution in [0.15, 0.2) is 12.1 Å². The predicted molar refractivity (Wildman–Crippen MR) is 88.0 cm³/mol. The Morgan fingerprint density at radius 1 is 1.40 bits per heavy atom. The second-order valence-corrected chi connectivity index (χ2v) is 7.08. The Morgan fingerprint density at radius 2 is 2.05 bits per heavy atom. The summed E-state index contributed by atoms with van der Waals surface area (Å²) in [6, 6.07) is 2.94. The Labute approximate surface area is 138 Å². The fourth-order valence-corrected chi connectivity index (χ4v) is 3.06. The van der Waals surface area contributed by atoms with Gasteiger partial charge in [-0.3, -0.25) is 4.90 Å². The molecular formula is C14H20ClF2IN2. The van der Waals surface area contributed by atoms with Crippen molar-refractivity contribution >= 4 is 35.0 Å². The minimum absolute atomic E-state index is 0. The van der Waals surface area contributed by atoms with E-state index in [0.29, 0.717) is 10.1 Å². The van der Waals surface area contributed by atoms with E-state index in [1.807, 2.05) is 22.6 Å². The highest BCUT2D eigenvalue weighted by Crippen LogP contribution is 2.29. The van der Waals surface area contributed by atoms with Crippen molar-refractivity contribution in [2.24, 2.45) is 11.1 Å². The van der Waals surface area contributed by atoms with Gasteiger partial charge in [-0.25, -0.2) is 8.78 Å². The van der Waals surface area contributed by atoms with E-state index >= 15 is 0 Å². The first-order valence-electron chi connectivity index (χ1n) is 6.41. The molecule has 2 nitrogen and oxygen atoms in total. The molecule has 0 spiro atoms. The largest absolute Gasteiger partial charge is 0.327 e. The van der Waals surface area contributed by atoms with Gasteiger partial charge in [0, 0.05) is 34.8 Å². The van der Waals surface area contributed by atoms with Gasteiger partial charge in [0.1, 0.15) is 11.6 Å². The van der Waals surface area contributed by atoms with Gasteiger partial charge in [0.05, 0.1) is 0 Å². The molecule has 1 aromatic rings. The van der Waals surface area contributed by atoms with Crippen LogP contribution in [-0.4, -0.2) is 24.0 Å². The first-order valence-corrected chi connectivity index (χ1v) is 7.49. The summed E-state index contributed by atoms with van der Waals surface area (Å²) < 4.78 is 28.2. The topological polar surface area (TPSA) is 29.3 Å². The van der Waals surface area contributed by atoms with Gasteiger partial charge in [-0.2, -0.15) is 0 Å². The lowest BCUT2D eigenvalue weighted by Gasteiger charge is -2.42. The summed E-state index contributed by atoms with van der Waals surface area (Å²) in [6.07, 6.45) is 0.861. The highest BCUT2D eigenvalue weighted by Gasteiger charge is 2.33. The van der Waals surface area contributed by atoms with Crippen molar-refractivity contribution in [3.8, 4) is 0 Å². The van der Waals surface area contributed by atoms with Gasteiger partial charge in [0.15, 0.2) is 0 Å². The normalized spacial score (nSPS) is 22.4. The SMILES string of the molecule is CC1(C)CN(Cc2c(F)ccc(I)c2F)CCC1N.Cl. The predicted octanol–water partition coefficient (Wildman–Crippen LogP) is 3.55. The molecule has 1 heterocycles. The van der Waals surface area contributed by atoms with Gasteiger partial charge in [0.2, 0.25) is 0 Å². The fraction of sp³-hybridized carbons (Fsp3) is 0.571. The molecule has 1 saturated heterocycles. The van der Waals surface area contributed by atoms with Gasteiger partial charge in [-0.15, -0.1) is 12.4 Å². The molecule has 1 fully saturated rings. The van der Waals surface area contributed by atoms with Crippen LogP contribution in [0, 0.1) is 20.6 Å². The molecule has 0 amide bonds. The zero-order chi connectivity index (χ0) is 14.2. The van der Waals surface area contributed by atoms with Gasteiger partial charge in [-0.1, -0.05) is 13.8 Å². The number of halogens is 4. The van der Waals surface area contributed by atoms with E-state index in [1.165, 1.54) is 12.1 Å². The van der Waals surface area contributed by atoms with Crippen molar-refractivity contribution in [3.63, 3.8) is 0 Å². The summed E-state index contributed by atoms with van der Waals surface area (Å²) in [5.74, 6) is -0.904. The van der Waals surface area contributed by atoms with Crippen LogP contribution in [0.2, 0.25) is 0 Å². The van der Waals surface area contributed by atoms with E-state index in [4.69, 9.17) is 5.73 Å². The number of likely N-dealkylation sites (tertiary alicyclic amines) is 1. The first-order chi connectivity index (χ1) is 8.81. The Balaban J connectivity index is 0.00000200. The molecule has 20 heavy (non-hydrogen) atoms. The number of hydrogen-bond acceptors (Lipinski definition) is 2. The van der Waals surface area contributed by atoms with Gasteiger partial charge in [0.25, 0.3) is 0 Å². The molecule has 1 atom stereocenters. The molecule has 0 saturated carbocycles. The molecule has 0 radical (unpaired) electrons. The lowest BCUT2D eigenvalue weighted by molar-refractivity contribution is 0.0880. The van der Waals surface area contributed by atoms with Gasteiger partial charge < -0.3 is 5.73 Å². The Kier molecular flexibility index (Phi) is 6.19. The first kappa shape index (κ1) is 18.1. The molecule has 114 valence electrons. The number of rotatable bonds is 2. The highest BCUT2D eigenvalue weighted by molar-refractivity contribution is 14.1. The maximum atomic E-state index is 14.0. The molecule has 2 N–H and O–H groups in total. The Bertz CT molecular complexity index is 482. The average molecular weight is 417 g/mol. The van der Waals surface area contributed by atoms with E-state index in [1.54, 1.807) is 0 Å². The van der Waals surface area contributed by atoms with Crippen LogP contribution in [0.3, 0.4) is 0 Å². The van der Waals surface area contributed by atoms with Crippen LogP contribution in [0.25, 0.3) is 0 Å². The molecule has 2 rings (SSSR count). The summed E-state index contributed by atoms with van der Waals surface area (Å²) in [6.45, 7) is 6.06. The van der Waals surface area contributed by atoms with Crippen molar-refractivity contribution in [2.75, 3.05) is 13.1 Å². The second-order valence-electron chi connectivity index (χ2n) is 5.92. The summed E-state index contributed by atoms with van der Waals surface area (Å²) in [4.78, 5) is 2.08. The lowest BCUT2D eigenvalue weighted by Crippen LogP contribution is -2.52. The van der Waals surface area contributed by atoms with Crippen LogP contribution in [0.1, 0.15) is 25.8 Å². The van der Waals surface area contributed by atoms with Crippen LogP contribution in [-0.2, 0) is 6.54 Å². The molecule has 1 aliphatic rings. The van der Waals surface area contributed by atoms with Crippen LogP contribution in [0.5, 0.6) is 0 Å². The minimum Gasteiger partial charge on any atom is -0.327 e. The van der Waals surface area contributed by atoms with Crippen molar-refractivity contribution in [3.05, 3.63) is 32.9 Å². The van der Waals surface area contributed by atoms with E-state index in [2.05, 4.69) is 18.7 Å². The third kappa shape index (κ3) is 3.81. The van der Waals surface area contributed by atoms with E-state index in [-0.39, 0.29) is 29.4 Å². The van der Waals surface area contributed by atoms with Crippen molar-refractivity contribution in [2.45, 2.75) is 32.9 Å². The Morgan fingerprint density at radius 3 is 2.65 bits per heavy atom. The fourth-order valence-electron chi connectivity index (χ4n) is 2.56. The van der Waals surface area contributed by atoms with Crippen LogP contribution in [0.4, 0.5) is 8.78 Å². The van der Waals surface area contributed by atoms with Crippen LogP contribution >= 0.6 is 35.0 Å². The van der Waals surface area contributed by atoms with Gasteiger partial charge in [-0.05, 0) is 46.6 Å². The molecular weight excluding hydrogens is 397 g/mol. The quantitative estimate of drug-likeness (QED) is 0.590. The maximum Gasteiger partial charge on any atom is 0.143 e. The summed E-state index contributed by atoms with van der Waals surface area (Å²) >= 11 is 1.89. The number of hydrogen-bond donors (Lipinski definition) is 1. The minimum atomic E-state index is -0.467. The summed E-state index contributed by atoms with van der Waals surface area (Å²) in [5, 5.41) is 0. The molecule has 0 aromatic heterocycles. The number of piperidine rings is 1. The van der Waals surface area contributed by atoms with E-state index < -0.39 is 11.6 Å². The third-order valence-electron chi connectivity index (χ3n) is 3.91. The number of benzene rings is 1. The summed E-state index contributed by atoms with van der Waals surface area (Å²) in [5.41, 5.74) is 6.22. The molecule has 1 aromatic carbocycles. The smallest absolute Gasteiger partial charge is 0.143 e. The maximum absolute atomic E-state index is 14.0. The van der Waals surface area contributed by atoms with Crippen molar-refractivity contribution in [1.29, 1.82) is 0 Å². The lowest BCUT2D eigenvalue weighted by atomic mass is 9.79. The zero-order valence-electron chi connectivity index (χ0n) is 11.6. The molecule has 0 aliphatic carbocycles. The monoisotopic (exact) mass is 416 g/mol. The van der Waals surface area contributed by atoms with Gasteiger partial charge >= 0.3 is 0 Å². The standard InChI is InChI=1S/C14H19F2IN2.ClH/c1-14(2)8-19(6-5-12(14)18)7-9-10(15)3-4-11(17)13(9)16;/h3-4,12H,5-8,18H2,1-2H3;1H. The number of nitrogens with zero attached hydrogens (tertiary/aromatic N) is 1. The van der Waals surface area contributed by atoms with E-state index in [0.717, 1.165) is 19.5 Å². The molecule has 1 unspecified atom stereocenters. The van der Waals surface area contributed by atoms with E-state index in [9.17, 15) is 8.78 Å². The Hall–Kier alpha value is 0.0200. The van der Waals surface area contributed by atoms with Crippen molar-refractivity contribution < 1.29 is 8.78 Å². The molecule has 1 aliphatic heterocycles. The second kappa shape index (κ2) is 6.85. The molecule has 6 heteroatoms.